The molecule has 17 heavy (non-hydrogen) atoms. The van der Waals surface area contributed by atoms with E-state index in [1.807, 2.05) is 0 Å². The van der Waals surface area contributed by atoms with E-state index >= 15 is 0 Å². The van der Waals surface area contributed by atoms with Crippen LogP contribution in [-0.4, -0.2) is 12.1 Å². The summed E-state index contributed by atoms with van der Waals surface area (Å²) < 4.78 is 0. The van der Waals surface area contributed by atoms with Gasteiger partial charge in [-0.3, -0.25) is 0 Å². The standard InChI is InChI=1S/C15H27NS/c1-12(6-7-14-8-9-17-11-14)13(2)10-16-15(3,4)5/h8-9,11-13,16H,6-7,10H2,1-5H3. The van der Waals surface area contributed by atoms with Gasteiger partial charge in [0.15, 0.2) is 0 Å². The molecule has 0 amide bonds. The zero-order valence-corrected chi connectivity index (χ0v) is 12.7. The zero-order valence-electron chi connectivity index (χ0n) is 11.9. The Hall–Kier alpha value is -0.340. The van der Waals surface area contributed by atoms with Crippen LogP contribution in [0.5, 0.6) is 0 Å². The predicted molar refractivity (Wildman–Crippen MR) is 78.7 cm³/mol. The van der Waals surface area contributed by atoms with Crippen molar-refractivity contribution in [3.63, 3.8) is 0 Å². The number of hydrogen-bond donors (Lipinski definition) is 1. The minimum absolute atomic E-state index is 0.237. The lowest BCUT2D eigenvalue weighted by molar-refractivity contribution is 0.307. The molecule has 1 N–H and O–H groups in total. The van der Waals surface area contributed by atoms with E-state index in [-0.39, 0.29) is 5.54 Å². The van der Waals surface area contributed by atoms with E-state index in [1.165, 1.54) is 18.4 Å². The lowest BCUT2D eigenvalue weighted by Gasteiger charge is -2.26. The molecule has 0 aliphatic rings. The fraction of sp³-hybridized carbons (Fsp3) is 0.733. The number of aryl methyl sites for hydroxylation is 1. The predicted octanol–water partition coefficient (Wildman–Crippen LogP) is 4.34. The smallest absolute Gasteiger partial charge is 0.00966 e. The maximum absolute atomic E-state index is 3.60. The highest BCUT2D eigenvalue weighted by molar-refractivity contribution is 7.07. The molecule has 2 heteroatoms. The first-order chi connectivity index (χ1) is 7.88. The number of hydrogen-bond acceptors (Lipinski definition) is 2. The normalized spacial score (nSPS) is 15.8. The van der Waals surface area contributed by atoms with Gasteiger partial charge in [0.05, 0.1) is 0 Å². The van der Waals surface area contributed by atoms with E-state index < -0.39 is 0 Å². The lowest BCUT2D eigenvalue weighted by Crippen LogP contribution is -2.39. The minimum Gasteiger partial charge on any atom is -0.312 e. The highest BCUT2D eigenvalue weighted by atomic mass is 32.1. The molecule has 0 saturated heterocycles. The second-order valence-electron chi connectivity index (χ2n) is 6.26. The van der Waals surface area contributed by atoms with Crippen LogP contribution in [0, 0.1) is 11.8 Å². The van der Waals surface area contributed by atoms with Crippen molar-refractivity contribution in [1.82, 2.24) is 5.32 Å². The number of rotatable bonds is 6. The van der Waals surface area contributed by atoms with Crippen LogP contribution in [-0.2, 0) is 6.42 Å². The third kappa shape index (κ3) is 6.23. The molecule has 0 bridgehead atoms. The number of thiophene rings is 1. The summed E-state index contributed by atoms with van der Waals surface area (Å²) in [6.07, 6.45) is 2.52. The van der Waals surface area contributed by atoms with E-state index in [2.05, 4.69) is 56.8 Å². The van der Waals surface area contributed by atoms with E-state index in [0.29, 0.717) is 0 Å². The summed E-state index contributed by atoms with van der Waals surface area (Å²) in [5.41, 5.74) is 1.74. The van der Waals surface area contributed by atoms with Crippen LogP contribution in [0.1, 0.15) is 46.6 Å². The van der Waals surface area contributed by atoms with Crippen LogP contribution in [0.3, 0.4) is 0 Å². The van der Waals surface area contributed by atoms with Crippen molar-refractivity contribution >= 4 is 11.3 Å². The molecule has 0 aliphatic carbocycles. The first-order valence-corrected chi connectivity index (χ1v) is 7.59. The Bertz CT molecular complexity index is 297. The first kappa shape index (κ1) is 14.7. The third-order valence-electron chi connectivity index (χ3n) is 3.39. The van der Waals surface area contributed by atoms with Crippen LogP contribution in [0.4, 0.5) is 0 Å². The molecule has 1 aromatic rings. The van der Waals surface area contributed by atoms with E-state index in [9.17, 15) is 0 Å². The van der Waals surface area contributed by atoms with Gasteiger partial charge in [0.2, 0.25) is 0 Å². The van der Waals surface area contributed by atoms with E-state index in [1.54, 1.807) is 11.3 Å². The van der Waals surface area contributed by atoms with Crippen molar-refractivity contribution in [1.29, 1.82) is 0 Å². The van der Waals surface area contributed by atoms with Crippen LogP contribution in [0.15, 0.2) is 16.8 Å². The second kappa shape index (κ2) is 6.55. The molecule has 98 valence electrons. The first-order valence-electron chi connectivity index (χ1n) is 6.64. The Labute approximate surface area is 111 Å². The Balaban J connectivity index is 2.24. The van der Waals surface area contributed by atoms with Gasteiger partial charge >= 0.3 is 0 Å². The van der Waals surface area contributed by atoms with Gasteiger partial charge in [0, 0.05) is 5.54 Å². The summed E-state index contributed by atoms with van der Waals surface area (Å²) in [5.74, 6) is 1.53. The van der Waals surface area contributed by atoms with Crippen LogP contribution in [0.25, 0.3) is 0 Å². The van der Waals surface area contributed by atoms with Crippen molar-refractivity contribution in [3.8, 4) is 0 Å². The average molecular weight is 253 g/mol. The fourth-order valence-electron chi connectivity index (χ4n) is 1.78. The molecule has 1 nitrogen and oxygen atoms in total. The Kier molecular flexibility index (Phi) is 5.68. The van der Waals surface area contributed by atoms with Crippen molar-refractivity contribution < 1.29 is 0 Å². The van der Waals surface area contributed by atoms with Crippen LogP contribution in [0.2, 0.25) is 0 Å². The second-order valence-corrected chi connectivity index (χ2v) is 7.04. The molecule has 0 spiro atoms. The van der Waals surface area contributed by atoms with Gasteiger partial charge in [-0.25, -0.2) is 0 Å². The molecule has 1 rings (SSSR count). The van der Waals surface area contributed by atoms with Crippen molar-refractivity contribution in [3.05, 3.63) is 22.4 Å². The van der Waals surface area contributed by atoms with Gasteiger partial charge in [-0.05, 0) is 74.4 Å². The number of nitrogens with one attached hydrogen (secondary N) is 1. The van der Waals surface area contributed by atoms with Crippen molar-refractivity contribution in [2.24, 2.45) is 11.8 Å². The monoisotopic (exact) mass is 253 g/mol. The molecule has 0 fully saturated rings. The third-order valence-corrected chi connectivity index (χ3v) is 4.13. The molecular weight excluding hydrogens is 226 g/mol. The molecule has 2 unspecified atom stereocenters. The van der Waals surface area contributed by atoms with Crippen molar-refractivity contribution in [2.75, 3.05) is 6.54 Å². The van der Waals surface area contributed by atoms with E-state index in [0.717, 1.165) is 18.4 Å². The van der Waals surface area contributed by atoms with Gasteiger partial charge in [0.1, 0.15) is 0 Å². The Morgan fingerprint density at radius 1 is 1.24 bits per heavy atom. The van der Waals surface area contributed by atoms with Gasteiger partial charge in [0.25, 0.3) is 0 Å². The maximum Gasteiger partial charge on any atom is 0.00966 e. The highest BCUT2D eigenvalue weighted by Gasteiger charge is 2.15. The topological polar surface area (TPSA) is 12.0 Å². The molecule has 0 saturated carbocycles. The SMILES string of the molecule is CC(CCc1ccsc1)C(C)CNC(C)(C)C. The molecule has 0 radical (unpaired) electrons. The average Bonchev–Trinajstić information content (AvgIpc) is 2.74. The largest absolute Gasteiger partial charge is 0.312 e. The fourth-order valence-corrected chi connectivity index (χ4v) is 2.49. The van der Waals surface area contributed by atoms with Crippen molar-refractivity contribution in [2.45, 2.75) is 53.0 Å². The molecule has 0 aromatic carbocycles. The molecular formula is C15H27NS. The van der Waals surface area contributed by atoms with Crippen LogP contribution >= 0.6 is 11.3 Å². The summed E-state index contributed by atoms with van der Waals surface area (Å²) in [6.45, 7) is 12.5. The summed E-state index contributed by atoms with van der Waals surface area (Å²) in [5, 5.41) is 8.04. The maximum atomic E-state index is 3.60. The van der Waals surface area contributed by atoms with Gasteiger partial charge < -0.3 is 5.32 Å². The highest BCUT2D eigenvalue weighted by Crippen LogP contribution is 2.19. The Morgan fingerprint density at radius 2 is 1.94 bits per heavy atom. The summed E-state index contributed by atoms with van der Waals surface area (Å²) in [4.78, 5) is 0. The molecule has 1 aromatic heterocycles. The van der Waals surface area contributed by atoms with Crippen LogP contribution < -0.4 is 5.32 Å². The van der Waals surface area contributed by atoms with Gasteiger partial charge in [-0.1, -0.05) is 13.8 Å². The minimum atomic E-state index is 0.237. The summed E-state index contributed by atoms with van der Waals surface area (Å²) >= 11 is 1.80. The van der Waals surface area contributed by atoms with Gasteiger partial charge in [-0.15, -0.1) is 0 Å². The zero-order chi connectivity index (χ0) is 12.9. The molecule has 0 aliphatic heterocycles. The lowest BCUT2D eigenvalue weighted by atomic mass is 9.90. The molecule has 1 heterocycles. The summed E-state index contributed by atoms with van der Waals surface area (Å²) in [6, 6.07) is 2.25. The summed E-state index contributed by atoms with van der Waals surface area (Å²) in [7, 11) is 0. The van der Waals surface area contributed by atoms with Gasteiger partial charge in [-0.2, -0.15) is 11.3 Å². The molecule has 2 atom stereocenters. The quantitative estimate of drug-likeness (QED) is 0.795. The van der Waals surface area contributed by atoms with E-state index in [4.69, 9.17) is 0 Å². The Morgan fingerprint density at radius 3 is 2.47 bits per heavy atom.